The maximum atomic E-state index is 11.9. The molecule has 0 spiro atoms. The molecule has 3 N–H and O–H groups in total. The first-order valence-corrected chi connectivity index (χ1v) is 6.02. The SMILES string of the molecule is CCc1ccc(NC(=O)c2cc(O)cc(O)c2)cc1. The number of aryl methyl sites for hydroxylation is 1. The number of rotatable bonds is 3. The van der Waals surface area contributed by atoms with Gasteiger partial charge in [-0.2, -0.15) is 0 Å². The van der Waals surface area contributed by atoms with Gasteiger partial charge in [-0.25, -0.2) is 0 Å². The predicted molar refractivity (Wildman–Crippen MR) is 73.5 cm³/mol. The average Bonchev–Trinajstić information content (AvgIpc) is 2.38. The third-order valence-corrected chi connectivity index (χ3v) is 2.78. The van der Waals surface area contributed by atoms with Crippen LogP contribution in [0.15, 0.2) is 42.5 Å². The van der Waals surface area contributed by atoms with E-state index in [1.165, 1.54) is 23.8 Å². The second kappa shape index (κ2) is 5.44. The van der Waals surface area contributed by atoms with Crippen molar-refractivity contribution in [2.24, 2.45) is 0 Å². The first-order chi connectivity index (χ1) is 9.08. The molecule has 0 bridgehead atoms. The number of carbonyl (C=O) groups excluding carboxylic acids is 1. The van der Waals surface area contributed by atoms with E-state index in [2.05, 4.69) is 12.2 Å². The second-order valence-corrected chi connectivity index (χ2v) is 4.24. The highest BCUT2D eigenvalue weighted by Gasteiger charge is 2.08. The minimum Gasteiger partial charge on any atom is -0.508 e. The van der Waals surface area contributed by atoms with Gasteiger partial charge in [-0.15, -0.1) is 0 Å². The van der Waals surface area contributed by atoms with Crippen LogP contribution < -0.4 is 5.32 Å². The van der Waals surface area contributed by atoms with Crippen molar-refractivity contribution in [3.05, 3.63) is 53.6 Å². The number of nitrogens with one attached hydrogen (secondary N) is 1. The highest BCUT2D eigenvalue weighted by Crippen LogP contribution is 2.21. The van der Waals surface area contributed by atoms with Crippen LogP contribution in [0.1, 0.15) is 22.8 Å². The molecule has 0 aliphatic carbocycles. The fourth-order valence-corrected chi connectivity index (χ4v) is 1.75. The predicted octanol–water partition coefficient (Wildman–Crippen LogP) is 2.91. The lowest BCUT2D eigenvalue weighted by molar-refractivity contribution is 0.102. The van der Waals surface area contributed by atoms with E-state index in [1.54, 1.807) is 0 Å². The molecule has 19 heavy (non-hydrogen) atoms. The summed E-state index contributed by atoms with van der Waals surface area (Å²) in [4.78, 5) is 11.9. The Morgan fingerprint density at radius 1 is 1.05 bits per heavy atom. The molecule has 2 aromatic rings. The van der Waals surface area contributed by atoms with Crippen LogP contribution in [0.25, 0.3) is 0 Å². The molecule has 2 rings (SSSR count). The first kappa shape index (κ1) is 13.0. The molecule has 4 nitrogen and oxygen atoms in total. The molecule has 0 aromatic heterocycles. The Balaban J connectivity index is 2.15. The van der Waals surface area contributed by atoms with E-state index in [-0.39, 0.29) is 23.0 Å². The smallest absolute Gasteiger partial charge is 0.255 e. The summed E-state index contributed by atoms with van der Waals surface area (Å²) < 4.78 is 0. The lowest BCUT2D eigenvalue weighted by Crippen LogP contribution is -2.11. The Bertz CT molecular complexity index is 571. The quantitative estimate of drug-likeness (QED) is 0.791. The van der Waals surface area contributed by atoms with Crippen LogP contribution in [0.3, 0.4) is 0 Å². The number of phenols is 2. The fraction of sp³-hybridized carbons (Fsp3) is 0.133. The van der Waals surface area contributed by atoms with Gasteiger partial charge < -0.3 is 15.5 Å². The largest absolute Gasteiger partial charge is 0.508 e. The summed E-state index contributed by atoms with van der Waals surface area (Å²) in [5, 5.41) is 21.4. The van der Waals surface area contributed by atoms with Crippen molar-refractivity contribution in [3.63, 3.8) is 0 Å². The van der Waals surface area contributed by atoms with Gasteiger partial charge in [0.25, 0.3) is 5.91 Å². The van der Waals surface area contributed by atoms with E-state index in [0.717, 1.165) is 6.42 Å². The first-order valence-electron chi connectivity index (χ1n) is 6.02. The zero-order valence-electron chi connectivity index (χ0n) is 10.6. The van der Waals surface area contributed by atoms with Crippen LogP contribution in [0.5, 0.6) is 11.5 Å². The number of hydrogen-bond donors (Lipinski definition) is 3. The molecule has 98 valence electrons. The van der Waals surface area contributed by atoms with Crippen LogP contribution in [0, 0.1) is 0 Å². The van der Waals surface area contributed by atoms with Crippen LogP contribution in [0.4, 0.5) is 5.69 Å². The van der Waals surface area contributed by atoms with Crippen LogP contribution >= 0.6 is 0 Å². The maximum absolute atomic E-state index is 11.9. The minimum absolute atomic E-state index is 0.147. The number of aromatic hydroxyl groups is 2. The summed E-state index contributed by atoms with van der Waals surface area (Å²) in [5.74, 6) is -0.673. The van der Waals surface area contributed by atoms with Crippen molar-refractivity contribution in [1.82, 2.24) is 0 Å². The van der Waals surface area contributed by atoms with Gasteiger partial charge in [-0.3, -0.25) is 4.79 Å². The molecule has 0 atom stereocenters. The Hall–Kier alpha value is -2.49. The van der Waals surface area contributed by atoms with Crippen molar-refractivity contribution >= 4 is 11.6 Å². The second-order valence-electron chi connectivity index (χ2n) is 4.24. The number of carbonyl (C=O) groups is 1. The van der Waals surface area contributed by atoms with Gasteiger partial charge in [-0.05, 0) is 36.2 Å². The molecular formula is C15H15NO3. The minimum atomic E-state index is -0.379. The molecule has 0 aliphatic heterocycles. The molecule has 0 saturated carbocycles. The zero-order chi connectivity index (χ0) is 13.8. The molecule has 4 heteroatoms. The number of phenolic OH excluding ortho intramolecular Hbond substituents is 2. The molecule has 1 amide bonds. The third kappa shape index (κ3) is 3.25. The fourth-order valence-electron chi connectivity index (χ4n) is 1.75. The molecule has 0 saturated heterocycles. The highest BCUT2D eigenvalue weighted by molar-refractivity contribution is 6.04. The maximum Gasteiger partial charge on any atom is 0.255 e. The van der Waals surface area contributed by atoms with E-state index in [1.807, 2.05) is 24.3 Å². The summed E-state index contributed by atoms with van der Waals surface area (Å²) >= 11 is 0. The number of benzene rings is 2. The summed E-state index contributed by atoms with van der Waals surface area (Å²) in [6.07, 6.45) is 0.939. The van der Waals surface area contributed by atoms with Crippen LogP contribution in [-0.4, -0.2) is 16.1 Å². The molecule has 0 radical (unpaired) electrons. The Morgan fingerprint density at radius 2 is 1.63 bits per heavy atom. The van der Waals surface area contributed by atoms with Gasteiger partial charge in [0.2, 0.25) is 0 Å². The van der Waals surface area contributed by atoms with Gasteiger partial charge in [0.1, 0.15) is 11.5 Å². The Morgan fingerprint density at radius 3 is 2.16 bits per heavy atom. The molecule has 0 fully saturated rings. The van der Waals surface area contributed by atoms with Gasteiger partial charge >= 0.3 is 0 Å². The van der Waals surface area contributed by atoms with Crippen molar-refractivity contribution in [1.29, 1.82) is 0 Å². The van der Waals surface area contributed by atoms with Crippen molar-refractivity contribution in [2.75, 3.05) is 5.32 Å². The van der Waals surface area contributed by atoms with Crippen LogP contribution in [0.2, 0.25) is 0 Å². The zero-order valence-corrected chi connectivity index (χ0v) is 10.6. The molecule has 0 heterocycles. The van der Waals surface area contributed by atoms with E-state index in [4.69, 9.17) is 0 Å². The Labute approximate surface area is 111 Å². The van der Waals surface area contributed by atoms with Gasteiger partial charge in [0, 0.05) is 17.3 Å². The van der Waals surface area contributed by atoms with Crippen molar-refractivity contribution in [3.8, 4) is 11.5 Å². The third-order valence-electron chi connectivity index (χ3n) is 2.78. The molecule has 0 aliphatic rings. The van der Waals surface area contributed by atoms with Gasteiger partial charge in [0.05, 0.1) is 0 Å². The standard InChI is InChI=1S/C15H15NO3/c1-2-10-3-5-12(6-4-10)16-15(19)11-7-13(17)9-14(18)8-11/h3-9,17-18H,2H2,1H3,(H,16,19). The monoisotopic (exact) mass is 257 g/mol. The number of amides is 1. The number of hydrogen-bond acceptors (Lipinski definition) is 3. The van der Waals surface area contributed by atoms with Gasteiger partial charge in [-0.1, -0.05) is 19.1 Å². The van der Waals surface area contributed by atoms with E-state index in [0.29, 0.717) is 5.69 Å². The Kier molecular flexibility index (Phi) is 3.71. The van der Waals surface area contributed by atoms with Crippen LogP contribution in [-0.2, 0) is 6.42 Å². The summed E-state index contributed by atoms with van der Waals surface area (Å²) in [6, 6.07) is 11.3. The lowest BCUT2D eigenvalue weighted by atomic mass is 10.1. The van der Waals surface area contributed by atoms with Gasteiger partial charge in [0.15, 0.2) is 0 Å². The van der Waals surface area contributed by atoms with Crippen molar-refractivity contribution < 1.29 is 15.0 Å². The lowest BCUT2D eigenvalue weighted by Gasteiger charge is -2.07. The molecule has 2 aromatic carbocycles. The normalized spacial score (nSPS) is 10.2. The highest BCUT2D eigenvalue weighted by atomic mass is 16.3. The summed E-state index contributed by atoms with van der Waals surface area (Å²) in [6.45, 7) is 2.06. The van der Waals surface area contributed by atoms with Crippen molar-refractivity contribution in [2.45, 2.75) is 13.3 Å². The summed E-state index contributed by atoms with van der Waals surface area (Å²) in [7, 11) is 0. The van der Waals surface area contributed by atoms with E-state index in [9.17, 15) is 15.0 Å². The average molecular weight is 257 g/mol. The summed E-state index contributed by atoms with van der Waals surface area (Å²) in [5.41, 5.74) is 2.06. The number of anilines is 1. The van der Waals surface area contributed by atoms with E-state index >= 15 is 0 Å². The molecule has 0 unspecified atom stereocenters. The topological polar surface area (TPSA) is 69.6 Å². The van der Waals surface area contributed by atoms with E-state index < -0.39 is 0 Å². The molecular weight excluding hydrogens is 242 g/mol.